The fourth-order valence-electron chi connectivity index (χ4n) is 1.90. The van der Waals surface area contributed by atoms with Crippen LogP contribution in [0.3, 0.4) is 0 Å². The van der Waals surface area contributed by atoms with Crippen LogP contribution in [0.1, 0.15) is 23.5 Å². The highest BCUT2D eigenvalue weighted by molar-refractivity contribution is 5.49. The summed E-state index contributed by atoms with van der Waals surface area (Å²) >= 11 is 0. The van der Waals surface area contributed by atoms with E-state index in [9.17, 15) is 5.11 Å². The normalized spacial score (nSPS) is 20.6. The van der Waals surface area contributed by atoms with Gasteiger partial charge in [-0.15, -0.1) is 0 Å². The molecule has 0 bridgehead atoms. The van der Waals surface area contributed by atoms with Gasteiger partial charge in [-0.25, -0.2) is 0 Å². The van der Waals surface area contributed by atoms with Gasteiger partial charge in [-0.1, -0.05) is 12.1 Å². The molecule has 0 spiro atoms. The van der Waals surface area contributed by atoms with Gasteiger partial charge in [0.1, 0.15) is 11.8 Å². The van der Waals surface area contributed by atoms with E-state index in [-0.39, 0.29) is 5.75 Å². The van der Waals surface area contributed by atoms with E-state index < -0.39 is 0 Å². The molecular weight excluding hydrogens is 176 g/mol. The molecule has 1 heterocycles. The van der Waals surface area contributed by atoms with Gasteiger partial charge in [-0.2, -0.15) is 5.26 Å². The van der Waals surface area contributed by atoms with Crippen LogP contribution in [0.4, 0.5) is 0 Å². The molecule has 0 aromatic heterocycles. The molecule has 1 atom stereocenters. The molecule has 2 N–H and O–H groups in total. The Morgan fingerprint density at radius 2 is 2.36 bits per heavy atom. The lowest BCUT2D eigenvalue weighted by Crippen LogP contribution is -2.08. The maximum absolute atomic E-state index is 9.80. The van der Waals surface area contributed by atoms with E-state index in [4.69, 9.17) is 5.26 Å². The highest BCUT2D eigenvalue weighted by atomic mass is 16.3. The molecule has 1 fully saturated rings. The number of benzene rings is 1. The van der Waals surface area contributed by atoms with Crippen molar-refractivity contribution in [1.29, 1.82) is 5.26 Å². The number of nitrogens with zero attached hydrogens (tertiary/aromatic N) is 1. The molecule has 1 aromatic rings. The number of nitriles is 1. The minimum atomic E-state index is 0.156. The zero-order valence-electron chi connectivity index (χ0n) is 7.83. The first-order valence-corrected chi connectivity index (χ1v) is 4.75. The van der Waals surface area contributed by atoms with E-state index in [1.807, 2.05) is 18.2 Å². The zero-order valence-corrected chi connectivity index (χ0v) is 7.83. The lowest BCUT2D eigenvalue weighted by molar-refractivity contribution is 0.461. The largest absolute Gasteiger partial charge is 0.506 e. The Bertz CT molecular complexity index is 375. The van der Waals surface area contributed by atoms with Crippen LogP contribution in [0.2, 0.25) is 0 Å². The van der Waals surface area contributed by atoms with Crippen molar-refractivity contribution in [3.8, 4) is 11.8 Å². The Balaban J connectivity index is 2.38. The van der Waals surface area contributed by atoms with Crippen LogP contribution in [0.25, 0.3) is 0 Å². The topological polar surface area (TPSA) is 56.0 Å². The molecule has 3 heteroatoms. The van der Waals surface area contributed by atoms with Crippen LogP contribution < -0.4 is 5.32 Å². The minimum absolute atomic E-state index is 0.156. The summed E-state index contributed by atoms with van der Waals surface area (Å²) in [5, 5.41) is 21.8. The Kier molecular flexibility index (Phi) is 2.38. The van der Waals surface area contributed by atoms with Crippen LogP contribution in [0.15, 0.2) is 18.2 Å². The Hall–Kier alpha value is -1.53. The molecule has 1 saturated heterocycles. The summed E-state index contributed by atoms with van der Waals surface area (Å²) < 4.78 is 0. The number of hydrogen-bond donors (Lipinski definition) is 2. The van der Waals surface area contributed by atoms with Crippen LogP contribution in [-0.4, -0.2) is 18.2 Å². The second kappa shape index (κ2) is 3.69. The Morgan fingerprint density at radius 3 is 3.00 bits per heavy atom. The number of para-hydroxylation sites is 1. The van der Waals surface area contributed by atoms with Crippen molar-refractivity contribution in [2.45, 2.75) is 12.3 Å². The maximum Gasteiger partial charge on any atom is 0.136 e. The second-order valence-corrected chi connectivity index (χ2v) is 3.54. The summed E-state index contributed by atoms with van der Waals surface area (Å²) in [6.45, 7) is 1.88. The number of rotatable bonds is 1. The van der Waals surface area contributed by atoms with Crippen LogP contribution in [0.5, 0.6) is 5.75 Å². The van der Waals surface area contributed by atoms with Crippen LogP contribution >= 0.6 is 0 Å². The average molecular weight is 188 g/mol. The van der Waals surface area contributed by atoms with Crippen molar-refractivity contribution >= 4 is 0 Å². The summed E-state index contributed by atoms with van der Waals surface area (Å²) in [6.07, 6.45) is 1.03. The lowest BCUT2D eigenvalue weighted by atomic mass is 9.95. The van der Waals surface area contributed by atoms with Crippen molar-refractivity contribution in [1.82, 2.24) is 5.32 Å². The minimum Gasteiger partial charge on any atom is -0.506 e. The van der Waals surface area contributed by atoms with Gasteiger partial charge in [-0.3, -0.25) is 0 Å². The smallest absolute Gasteiger partial charge is 0.136 e. The number of hydrogen-bond acceptors (Lipinski definition) is 3. The van der Waals surface area contributed by atoms with Gasteiger partial charge in [0.05, 0.1) is 5.56 Å². The van der Waals surface area contributed by atoms with Crippen molar-refractivity contribution in [2.24, 2.45) is 0 Å². The van der Waals surface area contributed by atoms with E-state index in [2.05, 4.69) is 5.32 Å². The number of phenols is 1. The highest BCUT2D eigenvalue weighted by Crippen LogP contribution is 2.31. The fraction of sp³-hybridized carbons (Fsp3) is 0.364. The van der Waals surface area contributed by atoms with Gasteiger partial charge in [0.25, 0.3) is 0 Å². The summed E-state index contributed by atoms with van der Waals surface area (Å²) in [4.78, 5) is 0. The first-order chi connectivity index (χ1) is 6.83. The van der Waals surface area contributed by atoms with Crippen molar-refractivity contribution < 1.29 is 5.11 Å². The van der Waals surface area contributed by atoms with Gasteiger partial charge in [-0.05, 0) is 24.6 Å². The number of phenolic OH excluding ortho intramolecular Hbond substituents is 1. The predicted molar refractivity (Wildman–Crippen MR) is 53.0 cm³/mol. The SMILES string of the molecule is N#Cc1cccc([C@@H]2CCNC2)c1O. The van der Waals surface area contributed by atoms with Crippen LogP contribution in [-0.2, 0) is 0 Å². The molecule has 0 amide bonds. The average Bonchev–Trinajstić information content (AvgIpc) is 2.71. The first kappa shape index (κ1) is 9.04. The quantitative estimate of drug-likeness (QED) is 0.699. The number of nitrogens with one attached hydrogen (secondary N) is 1. The summed E-state index contributed by atoms with van der Waals surface area (Å²) in [6, 6.07) is 7.35. The summed E-state index contributed by atoms with van der Waals surface area (Å²) in [7, 11) is 0. The Labute approximate surface area is 83.0 Å². The molecule has 1 aliphatic heterocycles. The van der Waals surface area contributed by atoms with Gasteiger partial charge in [0.2, 0.25) is 0 Å². The van der Waals surface area contributed by atoms with Gasteiger partial charge in [0.15, 0.2) is 0 Å². The van der Waals surface area contributed by atoms with Crippen molar-refractivity contribution in [3.63, 3.8) is 0 Å². The van der Waals surface area contributed by atoms with Gasteiger partial charge < -0.3 is 10.4 Å². The van der Waals surface area contributed by atoms with E-state index in [1.54, 1.807) is 6.07 Å². The van der Waals surface area contributed by atoms with Crippen LogP contribution in [0, 0.1) is 11.3 Å². The van der Waals surface area contributed by atoms with E-state index in [1.165, 1.54) is 0 Å². The molecular formula is C11H12N2O. The molecule has 0 saturated carbocycles. The molecule has 0 radical (unpaired) electrons. The monoisotopic (exact) mass is 188 g/mol. The highest BCUT2D eigenvalue weighted by Gasteiger charge is 2.20. The van der Waals surface area contributed by atoms with Gasteiger partial charge >= 0.3 is 0 Å². The zero-order chi connectivity index (χ0) is 9.97. The summed E-state index contributed by atoms with van der Waals surface area (Å²) in [5.41, 5.74) is 1.27. The molecule has 3 nitrogen and oxygen atoms in total. The first-order valence-electron chi connectivity index (χ1n) is 4.75. The van der Waals surface area contributed by atoms with Gasteiger partial charge in [0, 0.05) is 12.5 Å². The maximum atomic E-state index is 9.80. The third-order valence-corrected chi connectivity index (χ3v) is 2.69. The molecule has 1 aromatic carbocycles. The molecule has 1 aliphatic rings. The number of aromatic hydroxyl groups is 1. The summed E-state index contributed by atoms with van der Waals surface area (Å²) in [5.74, 6) is 0.506. The molecule has 2 rings (SSSR count). The molecule has 0 unspecified atom stereocenters. The second-order valence-electron chi connectivity index (χ2n) is 3.54. The van der Waals surface area contributed by atoms with Crippen molar-refractivity contribution in [3.05, 3.63) is 29.3 Å². The fourth-order valence-corrected chi connectivity index (χ4v) is 1.90. The van der Waals surface area contributed by atoms with Crippen molar-refractivity contribution in [2.75, 3.05) is 13.1 Å². The lowest BCUT2D eigenvalue weighted by Gasteiger charge is -2.11. The molecule has 0 aliphatic carbocycles. The standard InChI is InChI=1S/C11H12N2O/c12-6-8-2-1-3-10(11(8)14)9-4-5-13-7-9/h1-3,9,13-14H,4-5,7H2/t9-/m1/s1. The third kappa shape index (κ3) is 1.45. The molecule has 14 heavy (non-hydrogen) atoms. The van der Waals surface area contributed by atoms with E-state index in [0.717, 1.165) is 25.1 Å². The van der Waals surface area contributed by atoms with E-state index in [0.29, 0.717) is 11.5 Å². The molecule has 72 valence electrons. The van der Waals surface area contributed by atoms with E-state index >= 15 is 0 Å². The predicted octanol–water partition coefficient (Wildman–Crippen LogP) is 1.34. The third-order valence-electron chi connectivity index (χ3n) is 2.69. The Morgan fingerprint density at radius 1 is 1.50 bits per heavy atom.